The van der Waals surface area contributed by atoms with Crippen molar-refractivity contribution in [3.8, 4) is 11.3 Å². The fourth-order valence-electron chi connectivity index (χ4n) is 2.35. The summed E-state index contributed by atoms with van der Waals surface area (Å²) in [6.07, 6.45) is 1.68. The third-order valence-electron chi connectivity index (χ3n) is 3.50. The molecule has 0 N–H and O–H groups in total. The fraction of sp³-hybridized carbons (Fsp3) is 0.158. The molecule has 6 nitrogen and oxygen atoms in total. The standard InChI is InChI=1S/C19H18N4O2/c1-2-25-18(24)14-23-17(13-20-16-11-7-4-8-12-16)19(21-22-23)15-9-5-3-6-10-15/h3-13H,2,14H2,1H3. The van der Waals surface area contributed by atoms with Crippen LogP contribution in [0.3, 0.4) is 0 Å². The van der Waals surface area contributed by atoms with Crippen molar-refractivity contribution in [2.45, 2.75) is 13.5 Å². The predicted octanol–water partition coefficient (Wildman–Crippen LogP) is 3.26. The molecule has 0 saturated heterocycles. The molecule has 6 heteroatoms. The van der Waals surface area contributed by atoms with E-state index in [9.17, 15) is 4.79 Å². The van der Waals surface area contributed by atoms with Gasteiger partial charge in [-0.15, -0.1) is 5.10 Å². The van der Waals surface area contributed by atoms with Crippen molar-refractivity contribution in [1.82, 2.24) is 15.0 Å². The highest BCUT2D eigenvalue weighted by Crippen LogP contribution is 2.20. The molecule has 0 atom stereocenters. The summed E-state index contributed by atoms with van der Waals surface area (Å²) in [6.45, 7) is 2.09. The van der Waals surface area contributed by atoms with Crippen LogP contribution < -0.4 is 0 Å². The lowest BCUT2D eigenvalue weighted by Crippen LogP contribution is -2.16. The second-order valence-electron chi connectivity index (χ2n) is 5.25. The summed E-state index contributed by atoms with van der Waals surface area (Å²) in [5.41, 5.74) is 3.05. The maximum Gasteiger partial charge on any atom is 0.327 e. The highest BCUT2D eigenvalue weighted by atomic mass is 16.5. The Kier molecular flexibility index (Phi) is 5.31. The molecule has 0 unspecified atom stereocenters. The molecule has 0 amide bonds. The molecule has 0 aliphatic heterocycles. The first kappa shape index (κ1) is 16.6. The Labute approximate surface area is 145 Å². The van der Waals surface area contributed by atoms with E-state index in [1.807, 2.05) is 60.7 Å². The average Bonchev–Trinajstić information content (AvgIpc) is 3.04. The van der Waals surface area contributed by atoms with E-state index in [-0.39, 0.29) is 12.5 Å². The normalized spacial score (nSPS) is 10.9. The van der Waals surface area contributed by atoms with E-state index >= 15 is 0 Å². The summed E-state index contributed by atoms with van der Waals surface area (Å²) in [7, 11) is 0. The number of aliphatic imine (C=N–C) groups is 1. The molecule has 1 aromatic heterocycles. The molecule has 3 aromatic rings. The topological polar surface area (TPSA) is 69.4 Å². The first-order valence-corrected chi connectivity index (χ1v) is 8.01. The van der Waals surface area contributed by atoms with Crippen molar-refractivity contribution in [3.05, 3.63) is 66.4 Å². The van der Waals surface area contributed by atoms with Gasteiger partial charge in [0.2, 0.25) is 0 Å². The van der Waals surface area contributed by atoms with Gasteiger partial charge >= 0.3 is 5.97 Å². The maximum absolute atomic E-state index is 11.8. The zero-order valence-electron chi connectivity index (χ0n) is 13.9. The monoisotopic (exact) mass is 334 g/mol. The predicted molar refractivity (Wildman–Crippen MR) is 95.8 cm³/mol. The number of rotatable bonds is 6. The molecular formula is C19H18N4O2. The van der Waals surface area contributed by atoms with Crippen LogP contribution in [0, 0.1) is 0 Å². The van der Waals surface area contributed by atoms with Crippen LogP contribution in [0.5, 0.6) is 0 Å². The Morgan fingerprint density at radius 1 is 1.12 bits per heavy atom. The van der Waals surface area contributed by atoms with Crippen molar-refractivity contribution in [2.24, 2.45) is 4.99 Å². The van der Waals surface area contributed by atoms with Crippen LogP contribution in [0.1, 0.15) is 12.6 Å². The number of aromatic nitrogens is 3. The average molecular weight is 334 g/mol. The van der Waals surface area contributed by atoms with Gasteiger partial charge in [0.05, 0.1) is 18.5 Å². The van der Waals surface area contributed by atoms with Gasteiger partial charge in [-0.25, -0.2) is 4.68 Å². The molecule has 0 fully saturated rings. The Morgan fingerprint density at radius 2 is 1.80 bits per heavy atom. The zero-order chi connectivity index (χ0) is 17.5. The molecule has 3 rings (SSSR count). The van der Waals surface area contributed by atoms with E-state index < -0.39 is 0 Å². The minimum atomic E-state index is -0.360. The van der Waals surface area contributed by atoms with E-state index in [1.54, 1.807) is 13.1 Å². The first-order valence-electron chi connectivity index (χ1n) is 8.01. The van der Waals surface area contributed by atoms with Gasteiger partial charge in [0, 0.05) is 5.56 Å². The van der Waals surface area contributed by atoms with Gasteiger partial charge < -0.3 is 4.74 Å². The second-order valence-corrected chi connectivity index (χ2v) is 5.25. The highest BCUT2D eigenvalue weighted by molar-refractivity contribution is 5.88. The van der Waals surface area contributed by atoms with Gasteiger partial charge in [-0.1, -0.05) is 53.7 Å². The van der Waals surface area contributed by atoms with Crippen molar-refractivity contribution in [2.75, 3.05) is 6.61 Å². The Bertz CT molecular complexity index is 858. The van der Waals surface area contributed by atoms with Crippen LogP contribution in [0.15, 0.2) is 65.7 Å². The van der Waals surface area contributed by atoms with E-state index in [0.29, 0.717) is 18.0 Å². The second kappa shape index (κ2) is 8.01. The van der Waals surface area contributed by atoms with Crippen LogP contribution in [0.4, 0.5) is 5.69 Å². The molecule has 0 aliphatic rings. The van der Waals surface area contributed by atoms with Crippen LogP contribution in [0.2, 0.25) is 0 Å². The maximum atomic E-state index is 11.8. The van der Waals surface area contributed by atoms with E-state index in [0.717, 1.165) is 11.3 Å². The van der Waals surface area contributed by atoms with E-state index in [4.69, 9.17) is 4.74 Å². The lowest BCUT2D eigenvalue weighted by Gasteiger charge is -2.04. The molecule has 1 heterocycles. The summed E-state index contributed by atoms with van der Waals surface area (Å²) in [5, 5.41) is 8.33. The molecule has 2 aromatic carbocycles. The van der Waals surface area contributed by atoms with Gasteiger partial charge in [-0.3, -0.25) is 9.79 Å². The molecule has 0 saturated carbocycles. The van der Waals surface area contributed by atoms with Crippen molar-refractivity contribution in [1.29, 1.82) is 0 Å². The van der Waals surface area contributed by atoms with Crippen LogP contribution in [0.25, 0.3) is 11.3 Å². The first-order chi connectivity index (χ1) is 12.3. The van der Waals surface area contributed by atoms with E-state index in [2.05, 4.69) is 15.3 Å². The third-order valence-corrected chi connectivity index (χ3v) is 3.50. The molecular weight excluding hydrogens is 316 g/mol. The van der Waals surface area contributed by atoms with Gasteiger partial charge in [0.15, 0.2) is 0 Å². The molecule has 0 bridgehead atoms. The number of esters is 1. The number of carbonyl (C=O) groups is 1. The Morgan fingerprint density at radius 3 is 2.48 bits per heavy atom. The Balaban J connectivity index is 1.97. The Hall–Kier alpha value is -3.28. The molecule has 0 aliphatic carbocycles. The lowest BCUT2D eigenvalue weighted by molar-refractivity contribution is -0.144. The van der Waals surface area contributed by atoms with E-state index in [1.165, 1.54) is 4.68 Å². The summed E-state index contributed by atoms with van der Waals surface area (Å²) < 4.78 is 6.51. The smallest absolute Gasteiger partial charge is 0.327 e. The minimum absolute atomic E-state index is 0.0101. The van der Waals surface area contributed by atoms with Crippen LogP contribution in [-0.2, 0) is 16.1 Å². The van der Waals surface area contributed by atoms with Gasteiger partial charge in [-0.2, -0.15) is 0 Å². The van der Waals surface area contributed by atoms with Crippen LogP contribution in [-0.4, -0.2) is 33.8 Å². The van der Waals surface area contributed by atoms with Crippen molar-refractivity contribution < 1.29 is 9.53 Å². The molecule has 25 heavy (non-hydrogen) atoms. The fourth-order valence-corrected chi connectivity index (χ4v) is 2.35. The molecule has 0 radical (unpaired) electrons. The number of benzene rings is 2. The summed E-state index contributed by atoms with van der Waals surface area (Å²) >= 11 is 0. The number of ether oxygens (including phenoxy) is 1. The summed E-state index contributed by atoms with van der Waals surface area (Å²) in [4.78, 5) is 16.3. The number of nitrogens with zero attached hydrogens (tertiary/aromatic N) is 4. The van der Waals surface area contributed by atoms with Gasteiger partial charge in [0.25, 0.3) is 0 Å². The molecule has 0 spiro atoms. The van der Waals surface area contributed by atoms with Gasteiger partial charge in [0.1, 0.15) is 17.9 Å². The van der Waals surface area contributed by atoms with Crippen molar-refractivity contribution >= 4 is 17.9 Å². The number of para-hydroxylation sites is 1. The van der Waals surface area contributed by atoms with Crippen molar-refractivity contribution in [3.63, 3.8) is 0 Å². The van der Waals surface area contributed by atoms with Gasteiger partial charge in [-0.05, 0) is 19.1 Å². The zero-order valence-corrected chi connectivity index (χ0v) is 13.9. The quantitative estimate of drug-likeness (QED) is 0.512. The number of hydrogen-bond acceptors (Lipinski definition) is 5. The van der Waals surface area contributed by atoms with Crippen LogP contribution >= 0.6 is 0 Å². The number of carbonyl (C=O) groups excluding carboxylic acids is 1. The largest absolute Gasteiger partial charge is 0.465 e. The number of hydrogen-bond donors (Lipinski definition) is 0. The summed E-state index contributed by atoms with van der Waals surface area (Å²) in [5.74, 6) is -0.360. The summed E-state index contributed by atoms with van der Waals surface area (Å²) in [6, 6.07) is 19.2. The minimum Gasteiger partial charge on any atom is -0.465 e. The SMILES string of the molecule is CCOC(=O)Cn1nnc(-c2ccccc2)c1C=Nc1ccccc1. The third kappa shape index (κ3) is 4.17. The molecule has 126 valence electrons. The highest BCUT2D eigenvalue weighted by Gasteiger charge is 2.15. The lowest BCUT2D eigenvalue weighted by atomic mass is 10.1.